The number of carbonyl (C=O) groups excluding carboxylic acids is 1. The van der Waals surface area contributed by atoms with Crippen LogP contribution in [0.25, 0.3) is 0 Å². The van der Waals surface area contributed by atoms with E-state index >= 15 is 0 Å². The predicted octanol–water partition coefficient (Wildman–Crippen LogP) is 0.703. The van der Waals surface area contributed by atoms with E-state index in [9.17, 15) is 4.79 Å². The van der Waals surface area contributed by atoms with E-state index in [0.29, 0.717) is 17.3 Å². The van der Waals surface area contributed by atoms with Crippen LogP contribution in [-0.4, -0.2) is 66.0 Å². The first-order chi connectivity index (χ1) is 7.66. The zero-order valence-electron chi connectivity index (χ0n) is 9.69. The minimum atomic E-state index is 0.280. The minimum absolute atomic E-state index is 0.280. The van der Waals surface area contributed by atoms with Crippen LogP contribution in [0, 0.1) is 0 Å². The molecule has 2 aliphatic heterocycles. The summed E-state index contributed by atoms with van der Waals surface area (Å²) in [6, 6.07) is 0.436. The number of ether oxygens (including phenoxy) is 1. The molecule has 0 radical (unpaired) electrons. The van der Waals surface area contributed by atoms with E-state index in [4.69, 9.17) is 4.74 Å². The summed E-state index contributed by atoms with van der Waals surface area (Å²) in [5, 5.41) is 0. The monoisotopic (exact) mass is 290 g/mol. The van der Waals surface area contributed by atoms with Gasteiger partial charge in [0.1, 0.15) is 0 Å². The van der Waals surface area contributed by atoms with Crippen LogP contribution in [0.3, 0.4) is 0 Å². The van der Waals surface area contributed by atoms with Crippen molar-refractivity contribution >= 4 is 21.8 Å². The summed E-state index contributed by atoms with van der Waals surface area (Å²) < 4.78 is 5.33. The second-order valence-corrected chi connectivity index (χ2v) is 5.89. The first kappa shape index (κ1) is 12.3. The van der Waals surface area contributed by atoms with Crippen LogP contribution in [0.1, 0.15) is 13.3 Å². The van der Waals surface area contributed by atoms with Gasteiger partial charge in [-0.05, 0) is 6.92 Å². The maximum atomic E-state index is 11.7. The fourth-order valence-corrected chi connectivity index (χ4v) is 2.98. The highest BCUT2D eigenvalue weighted by Gasteiger charge is 2.30. The number of carbonyl (C=O) groups is 1. The first-order valence-corrected chi connectivity index (χ1v) is 6.82. The van der Waals surface area contributed by atoms with Crippen LogP contribution in [-0.2, 0) is 9.53 Å². The summed E-state index contributed by atoms with van der Waals surface area (Å²) in [6.45, 7) is 7.51. The second kappa shape index (κ2) is 5.47. The molecule has 2 fully saturated rings. The van der Waals surface area contributed by atoms with Crippen molar-refractivity contribution in [2.75, 3.05) is 39.4 Å². The Morgan fingerprint density at radius 3 is 2.75 bits per heavy atom. The highest BCUT2D eigenvalue weighted by atomic mass is 79.9. The van der Waals surface area contributed by atoms with Gasteiger partial charge >= 0.3 is 0 Å². The molecule has 2 rings (SSSR count). The van der Waals surface area contributed by atoms with Gasteiger partial charge in [-0.1, -0.05) is 15.9 Å². The number of alkyl halides is 1. The molecule has 1 amide bonds. The Balaban J connectivity index is 1.81. The van der Waals surface area contributed by atoms with Gasteiger partial charge in [0.25, 0.3) is 0 Å². The molecule has 5 heteroatoms. The molecule has 2 aliphatic rings. The van der Waals surface area contributed by atoms with Crippen molar-refractivity contribution in [3.05, 3.63) is 0 Å². The molecule has 0 aromatic heterocycles. The summed E-state index contributed by atoms with van der Waals surface area (Å²) in [4.78, 5) is 16.4. The SMILES string of the molecule is CC(CN1CC(Br)CC1=O)N1CCOCC1. The van der Waals surface area contributed by atoms with Crippen molar-refractivity contribution in [3.8, 4) is 0 Å². The van der Waals surface area contributed by atoms with E-state index < -0.39 is 0 Å². The van der Waals surface area contributed by atoms with Crippen molar-refractivity contribution in [1.82, 2.24) is 9.80 Å². The molecule has 2 atom stereocenters. The minimum Gasteiger partial charge on any atom is -0.379 e. The quantitative estimate of drug-likeness (QED) is 0.718. The van der Waals surface area contributed by atoms with Gasteiger partial charge in [-0.2, -0.15) is 0 Å². The van der Waals surface area contributed by atoms with E-state index in [2.05, 4.69) is 27.8 Å². The normalized spacial score (nSPS) is 29.8. The van der Waals surface area contributed by atoms with E-state index in [1.165, 1.54) is 0 Å². The number of halogens is 1. The van der Waals surface area contributed by atoms with Gasteiger partial charge in [0.15, 0.2) is 0 Å². The fraction of sp³-hybridized carbons (Fsp3) is 0.909. The van der Waals surface area contributed by atoms with Crippen molar-refractivity contribution in [3.63, 3.8) is 0 Å². The molecule has 0 bridgehead atoms. The Labute approximate surface area is 105 Å². The maximum Gasteiger partial charge on any atom is 0.223 e. The molecule has 2 heterocycles. The highest BCUT2D eigenvalue weighted by molar-refractivity contribution is 9.09. The standard InChI is InChI=1S/C11H19BrN2O2/c1-9(13-2-4-16-5-3-13)7-14-8-10(12)6-11(14)15/h9-10H,2-8H2,1H3. The van der Waals surface area contributed by atoms with Crippen molar-refractivity contribution in [1.29, 1.82) is 0 Å². The fourth-order valence-electron chi connectivity index (χ4n) is 2.35. The van der Waals surface area contributed by atoms with E-state index in [-0.39, 0.29) is 5.91 Å². The van der Waals surface area contributed by atoms with E-state index in [1.54, 1.807) is 0 Å². The smallest absolute Gasteiger partial charge is 0.223 e. The molecule has 2 saturated heterocycles. The lowest BCUT2D eigenvalue weighted by Gasteiger charge is -2.34. The van der Waals surface area contributed by atoms with Gasteiger partial charge in [0, 0.05) is 43.5 Å². The number of rotatable bonds is 3. The molecule has 0 aliphatic carbocycles. The van der Waals surface area contributed by atoms with E-state index in [0.717, 1.165) is 39.4 Å². The summed E-state index contributed by atoms with van der Waals surface area (Å²) in [6.07, 6.45) is 0.649. The predicted molar refractivity (Wildman–Crippen MR) is 65.8 cm³/mol. The topological polar surface area (TPSA) is 32.8 Å². The Morgan fingerprint density at radius 1 is 1.50 bits per heavy atom. The summed E-state index contributed by atoms with van der Waals surface area (Å²) >= 11 is 3.51. The largest absolute Gasteiger partial charge is 0.379 e. The molecule has 0 aromatic carbocycles. The molecule has 0 N–H and O–H groups in total. The third-order valence-electron chi connectivity index (χ3n) is 3.32. The average Bonchev–Trinajstić information content (AvgIpc) is 2.59. The van der Waals surface area contributed by atoms with Crippen LogP contribution in [0.2, 0.25) is 0 Å². The number of nitrogens with zero attached hydrogens (tertiary/aromatic N) is 2. The maximum absolute atomic E-state index is 11.7. The third kappa shape index (κ3) is 2.96. The zero-order valence-corrected chi connectivity index (χ0v) is 11.3. The first-order valence-electron chi connectivity index (χ1n) is 5.90. The van der Waals surface area contributed by atoms with Gasteiger partial charge < -0.3 is 9.64 Å². The van der Waals surface area contributed by atoms with Crippen molar-refractivity contribution in [2.45, 2.75) is 24.2 Å². The zero-order chi connectivity index (χ0) is 11.5. The van der Waals surface area contributed by atoms with Crippen LogP contribution < -0.4 is 0 Å². The van der Waals surface area contributed by atoms with Gasteiger partial charge in [0.05, 0.1) is 13.2 Å². The number of hydrogen-bond acceptors (Lipinski definition) is 3. The Bertz CT molecular complexity index is 256. The van der Waals surface area contributed by atoms with Crippen molar-refractivity contribution < 1.29 is 9.53 Å². The molecule has 2 unspecified atom stereocenters. The number of hydrogen-bond donors (Lipinski definition) is 0. The van der Waals surface area contributed by atoms with Crippen LogP contribution >= 0.6 is 15.9 Å². The van der Waals surface area contributed by atoms with Gasteiger partial charge in [-0.3, -0.25) is 9.69 Å². The Morgan fingerprint density at radius 2 is 2.19 bits per heavy atom. The molecule has 92 valence electrons. The molecule has 0 saturated carbocycles. The molecule has 4 nitrogen and oxygen atoms in total. The molecule has 0 spiro atoms. The molecular formula is C11H19BrN2O2. The van der Waals surface area contributed by atoms with Gasteiger partial charge in [-0.15, -0.1) is 0 Å². The molecular weight excluding hydrogens is 272 g/mol. The van der Waals surface area contributed by atoms with Gasteiger partial charge in [-0.25, -0.2) is 0 Å². The summed E-state index contributed by atoms with van der Waals surface area (Å²) in [5.74, 6) is 0.280. The van der Waals surface area contributed by atoms with Crippen LogP contribution in [0.15, 0.2) is 0 Å². The lowest BCUT2D eigenvalue weighted by Crippen LogP contribution is -2.47. The summed E-state index contributed by atoms with van der Waals surface area (Å²) in [5.41, 5.74) is 0. The molecule has 16 heavy (non-hydrogen) atoms. The van der Waals surface area contributed by atoms with Gasteiger partial charge in [0.2, 0.25) is 5.91 Å². The van der Waals surface area contributed by atoms with Crippen LogP contribution in [0.4, 0.5) is 0 Å². The second-order valence-electron chi connectivity index (χ2n) is 4.60. The lowest BCUT2D eigenvalue weighted by atomic mass is 10.2. The number of morpholine rings is 1. The Hall–Kier alpha value is -0.130. The summed E-state index contributed by atoms with van der Waals surface area (Å²) in [7, 11) is 0. The number of likely N-dealkylation sites (tertiary alicyclic amines) is 1. The van der Waals surface area contributed by atoms with Crippen molar-refractivity contribution in [2.24, 2.45) is 0 Å². The lowest BCUT2D eigenvalue weighted by molar-refractivity contribution is -0.128. The third-order valence-corrected chi connectivity index (χ3v) is 3.93. The van der Waals surface area contributed by atoms with Crippen LogP contribution in [0.5, 0.6) is 0 Å². The highest BCUT2D eigenvalue weighted by Crippen LogP contribution is 2.19. The average molecular weight is 291 g/mol. The number of amides is 1. The van der Waals surface area contributed by atoms with E-state index in [1.807, 2.05) is 4.90 Å². The molecule has 0 aromatic rings. The Kier molecular flexibility index (Phi) is 4.21.